The Balaban J connectivity index is 1.44. The molecule has 1 unspecified atom stereocenters. The number of carbonyl (C=O) groups is 1. The number of amides is 1. The first kappa shape index (κ1) is 17.2. The number of piperidine rings is 2. The van der Waals surface area contributed by atoms with Gasteiger partial charge in [-0.15, -0.1) is 0 Å². The predicted octanol–water partition coefficient (Wildman–Crippen LogP) is 3.21. The molecular formula is C20H28ClN3O. The van der Waals surface area contributed by atoms with Crippen molar-refractivity contribution in [2.75, 3.05) is 51.7 Å². The SMILES string of the molecule is CN(C)CC1[C@H]2CN(C(=O)c3cc(N4CCCCC4)ccc3Cl)C[C@@H]12. The van der Waals surface area contributed by atoms with Crippen LogP contribution in [0.1, 0.15) is 29.6 Å². The van der Waals surface area contributed by atoms with Crippen LogP contribution in [0.3, 0.4) is 0 Å². The number of fused-ring (bicyclic) bond motifs is 1. The van der Waals surface area contributed by atoms with Gasteiger partial charge in [0.25, 0.3) is 5.91 Å². The lowest BCUT2D eigenvalue weighted by molar-refractivity contribution is 0.0765. The molecule has 3 aliphatic rings. The number of carbonyl (C=O) groups excluding carboxylic acids is 1. The zero-order valence-electron chi connectivity index (χ0n) is 15.2. The summed E-state index contributed by atoms with van der Waals surface area (Å²) in [6.45, 7) is 5.09. The minimum Gasteiger partial charge on any atom is -0.372 e. The smallest absolute Gasteiger partial charge is 0.255 e. The highest BCUT2D eigenvalue weighted by atomic mass is 35.5. The fourth-order valence-electron chi connectivity index (χ4n) is 4.70. The van der Waals surface area contributed by atoms with Gasteiger partial charge in [-0.3, -0.25) is 4.79 Å². The molecule has 1 aromatic carbocycles. The zero-order valence-corrected chi connectivity index (χ0v) is 16.0. The molecule has 4 nitrogen and oxygen atoms in total. The van der Waals surface area contributed by atoms with Crippen molar-refractivity contribution in [3.8, 4) is 0 Å². The molecule has 136 valence electrons. The van der Waals surface area contributed by atoms with Crippen molar-refractivity contribution in [2.45, 2.75) is 19.3 Å². The minimum absolute atomic E-state index is 0.111. The maximum absolute atomic E-state index is 13.0. The molecular weight excluding hydrogens is 334 g/mol. The topological polar surface area (TPSA) is 26.8 Å². The van der Waals surface area contributed by atoms with E-state index in [1.54, 1.807) is 0 Å². The van der Waals surface area contributed by atoms with E-state index in [4.69, 9.17) is 11.6 Å². The summed E-state index contributed by atoms with van der Waals surface area (Å²) in [6, 6.07) is 5.96. The molecule has 0 radical (unpaired) electrons. The summed E-state index contributed by atoms with van der Waals surface area (Å²) in [5, 5.41) is 0.580. The lowest BCUT2D eigenvalue weighted by atomic mass is 10.1. The molecule has 0 bridgehead atoms. The number of benzene rings is 1. The first-order chi connectivity index (χ1) is 12.0. The van der Waals surface area contributed by atoms with Crippen LogP contribution in [0.4, 0.5) is 5.69 Å². The third kappa shape index (κ3) is 3.39. The van der Waals surface area contributed by atoms with Crippen molar-refractivity contribution in [3.05, 3.63) is 28.8 Å². The van der Waals surface area contributed by atoms with E-state index in [1.807, 2.05) is 17.0 Å². The van der Waals surface area contributed by atoms with E-state index in [1.165, 1.54) is 19.3 Å². The van der Waals surface area contributed by atoms with Crippen molar-refractivity contribution in [3.63, 3.8) is 0 Å². The predicted molar refractivity (Wildman–Crippen MR) is 102 cm³/mol. The average Bonchev–Trinajstić information content (AvgIpc) is 3.05. The molecule has 1 amide bonds. The molecule has 3 atom stereocenters. The van der Waals surface area contributed by atoms with Crippen LogP contribution in [0.25, 0.3) is 0 Å². The third-order valence-electron chi connectivity index (χ3n) is 6.14. The fraction of sp³-hybridized carbons (Fsp3) is 0.650. The Kier molecular flexibility index (Phi) is 4.67. The minimum atomic E-state index is 0.111. The molecule has 25 heavy (non-hydrogen) atoms. The van der Waals surface area contributed by atoms with Gasteiger partial charge in [0.2, 0.25) is 0 Å². The van der Waals surface area contributed by atoms with Crippen LogP contribution < -0.4 is 4.90 Å². The first-order valence-electron chi connectivity index (χ1n) is 9.53. The van der Waals surface area contributed by atoms with E-state index in [-0.39, 0.29) is 5.91 Å². The largest absolute Gasteiger partial charge is 0.372 e. The van der Waals surface area contributed by atoms with Gasteiger partial charge in [0.05, 0.1) is 10.6 Å². The van der Waals surface area contributed by atoms with Crippen LogP contribution in [0.15, 0.2) is 18.2 Å². The van der Waals surface area contributed by atoms with Crippen molar-refractivity contribution in [2.24, 2.45) is 17.8 Å². The number of likely N-dealkylation sites (tertiary alicyclic amines) is 1. The second kappa shape index (κ2) is 6.81. The summed E-state index contributed by atoms with van der Waals surface area (Å²) >= 11 is 6.38. The van der Waals surface area contributed by atoms with Crippen LogP contribution in [-0.4, -0.2) is 62.5 Å². The van der Waals surface area contributed by atoms with Gasteiger partial charge in [0, 0.05) is 38.4 Å². The normalized spacial score (nSPS) is 28.4. The van der Waals surface area contributed by atoms with Crippen LogP contribution in [0.5, 0.6) is 0 Å². The van der Waals surface area contributed by atoms with Crippen molar-refractivity contribution < 1.29 is 4.79 Å². The third-order valence-corrected chi connectivity index (χ3v) is 6.47. The van der Waals surface area contributed by atoms with Crippen molar-refractivity contribution in [1.29, 1.82) is 0 Å². The highest BCUT2D eigenvalue weighted by Gasteiger charge is 2.56. The summed E-state index contributed by atoms with van der Waals surface area (Å²) in [5.74, 6) is 2.26. The molecule has 4 rings (SSSR count). The highest BCUT2D eigenvalue weighted by molar-refractivity contribution is 6.34. The number of halogens is 1. The quantitative estimate of drug-likeness (QED) is 0.823. The maximum Gasteiger partial charge on any atom is 0.255 e. The molecule has 1 aliphatic carbocycles. The lowest BCUT2D eigenvalue weighted by Crippen LogP contribution is -2.33. The van der Waals surface area contributed by atoms with Crippen molar-refractivity contribution >= 4 is 23.2 Å². The van der Waals surface area contributed by atoms with Gasteiger partial charge in [-0.1, -0.05) is 11.6 Å². The monoisotopic (exact) mass is 361 g/mol. The molecule has 2 heterocycles. The molecule has 0 spiro atoms. The number of anilines is 1. The fourth-order valence-corrected chi connectivity index (χ4v) is 4.90. The Morgan fingerprint density at radius 2 is 1.84 bits per heavy atom. The van der Waals surface area contributed by atoms with Gasteiger partial charge in [-0.05, 0) is 69.3 Å². The summed E-state index contributed by atoms with van der Waals surface area (Å²) in [6.07, 6.45) is 3.77. The Hall–Kier alpha value is -1.26. The van der Waals surface area contributed by atoms with E-state index >= 15 is 0 Å². The Morgan fingerprint density at radius 3 is 2.48 bits per heavy atom. The van der Waals surface area contributed by atoms with Crippen LogP contribution in [-0.2, 0) is 0 Å². The Labute approximate surface area is 155 Å². The van der Waals surface area contributed by atoms with E-state index in [0.717, 1.165) is 44.3 Å². The summed E-state index contributed by atoms with van der Waals surface area (Å²) in [7, 11) is 4.26. The Bertz CT molecular complexity index is 644. The Morgan fingerprint density at radius 1 is 1.16 bits per heavy atom. The van der Waals surface area contributed by atoms with E-state index in [9.17, 15) is 4.79 Å². The number of hydrogen-bond acceptors (Lipinski definition) is 3. The second-order valence-electron chi connectivity index (χ2n) is 8.18. The molecule has 0 aromatic heterocycles. The number of hydrogen-bond donors (Lipinski definition) is 0. The highest BCUT2D eigenvalue weighted by Crippen LogP contribution is 2.52. The zero-order chi connectivity index (χ0) is 17.6. The van der Waals surface area contributed by atoms with E-state index in [0.29, 0.717) is 22.4 Å². The summed E-state index contributed by atoms with van der Waals surface area (Å²) in [4.78, 5) is 19.7. The first-order valence-corrected chi connectivity index (χ1v) is 9.91. The maximum atomic E-state index is 13.0. The molecule has 1 aromatic rings. The van der Waals surface area contributed by atoms with Gasteiger partial charge in [-0.2, -0.15) is 0 Å². The van der Waals surface area contributed by atoms with Gasteiger partial charge in [0.1, 0.15) is 0 Å². The van der Waals surface area contributed by atoms with Gasteiger partial charge >= 0.3 is 0 Å². The van der Waals surface area contributed by atoms with Crippen LogP contribution in [0.2, 0.25) is 5.02 Å². The second-order valence-corrected chi connectivity index (χ2v) is 8.58. The summed E-state index contributed by atoms with van der Waals surface area (Å²) in [5.41, 5.74) is 1.82. The van der Waals surface area contributed by atoms with Gasteiger partial charge < -0.3 is 14.7 Å². The standard InChI is InChI=1S/C20H28ClN3O/c1-22(2)11-16-17-12-24(13-18(16)17)20(25)15-10-14(6-7-19(15)21)23-8-4-3-5-9-23/h6-7,10,16-18H,3-5,8-9,11-13H2,1-2H3/t16?,17-,18+. The lowest BCUT2D eigenvalue weighted by Gasteiger charge is -2.29. The number of rotatable bonds is 4. The average molecular weight is 362 g/mol. The molecule has 5 heteroatoms. The molecule has 1 saturated carbocycles. The van der Waals surface area contributed by atoms with Crippen LogP contribution >= 0.6 is 11.6 Å². The van der Waals surface area contributed by atoms with Crippen molar-refractivity contribution in [1.82, 2.24) is 9.80 Å². The van der Waals surface area contributed by atoms with E-state index < -0.39 is 0 Å². The molecule has 2 saturated heterocycles. The van der Waals surface area contributed by atoms with E-state index in [2.05, 4.69) is 30.0 Å². The van der Waals surface area contributed by atoms with Gasteiger partial charge in [0.15, 0.2) is 0 Å². The summed E-state index contributed by atoms with van der Waals surface area (Å²) < 4.78 is 0. The molecule has 3 fully saturated rings. The molecule has 2 aliphatic heterocycles. The number of nitrogens with zero attached hydrogens (tertiary/aromatic N) is 3. The van der Waals surface area contributed by atoms with Crippen LogP contribution in [0, 0.1) is 17.8 Å². The van der Waals surface area contributed by atoms with Gasteiger partial charge in [-0.25, -0.2) is 0 Å². The molecule has 0 N–H and O–H groups in total.